The minimum absolute atomic E-state index is 0.297. The van der Waals surface area contributed by atoms with Gasteiger partial charge in [0.25, 0.3) is 5.69 Å². The molecule has 10 heteroatoms. The largest absolute Gasteiger partial charge is 0.384 e. The number of sulfonamides is 1. The number of aromatic nitrogens is 1. The summed E-state index contributed by atoms with van der Waals surface area (Å²) in [5.74, 6) is 0. The molecule has 8 nitrogen and oxygen atoms in total. The van der Waals surface area contributed by atoms with Crippen molar-refractivity contribution in [2.24, 2.45) is 5.14 Å². The summed E-state index contributed by atoms with van der Waals surface area (Å²) in [6.45, 7) is 2.42. The molecule has 0 fully saturated rings. The molecule has 1 aromatic heterocycles. The number of primary sulfonamides is 1. The van der Waals surface area contributed by atoms with E-state index in [4.69, 9.17) is 5.14 Å². The molecule has 2 rings (SSSR count). The lowest BCUT2D eigenvalue weighted by atomic mass is 10.2. The van der Waals surface area contributed by atoms with Crippen LogP contribution in [0.5, 0.6) is 0 Å². The smallest absolute Gasteiger partial charge is 0.272 e. The lowest BCUT2D eigenvalue weighted by Crippen LogP contribution is -2.13. The fourth-order valence-corrected chi connectivity index (χ4v) is 3.15. The fraction of sp³-hybridized carbons (Fsp3) is 0.250. The van der Waals surface area contributed by atoms with Gasteiger partial charge < -0.3 is 5.32 Å². The number of anilines is 1. The Labute approximate surface area is 131 Å². The number of nitro groups is 1. The number of thiazole rings is 1. The highest BCUT2D eigenvalue weighted by atomic mass is 32.2. The zero-order chi connectivity index (χ0) is 16.3. The standard InChI is InChI=1S/C12H14N4O4S2/c1-8-7-15-12(21-8)2-3-14-9-4-10(16(17)18)6-11(5-9)22(13,19)20/h4-7,14H,2-3H2,1H3,(H2,13,19,20). The first-order chi connectivity index (χ1) is 10.3. The highest BCUT2D eigenvalue weighted by Crippen LogP contribution is 2.23. The number of hydrogen-bond donors (Lipinski definition) is 2. The highest BCUT2D eigenvalue weighted by Gasteiger charge is 2.16. The van der Waals surface area contributed by atoms with Crippen LogP contribution in [0.25, 0.3) is 0 Å². The maximum Gasteiger partial charge on any atom is 0.272 e. The van der Waals surface area contributed by atoms with E-state index in [0.717, 1.165) is 16.0 Å². The molecule has 0 amide bonds. The van der Waals surface area contributed by atoms with E-state index < -0.39 is 14.9 Å². The van der Waals surface area contributed by atoms with Crippen molar-refractivity contribution in [1.82, 2.24) is 4.98 Å². The summed E-state index contributed by atoms with van der Waals surface area (Å²) >= 11 is 1.56. The van der Waals surface area contributed by atoms with E-state index in [0.29, 0.717) is 18.7 Å². The average Bonchev–Trinajstić information content (AvgIpc) is 2.83. The van der Waals surface area contributed by atoms with Gasteiger partial charge in [0, 0.05) is 41.9 Å². The third-order valence-electron chi connectivity index (χ3n) is 2.77. The molecule has 0 saturated heterocycles. The second-order valence-corrected chi connectivity index (χ2v) is 7.44. The lowest BCUT2D eigenvalue weighted by molar-refractivity contribution is -0.385. The molecule has 0 unspecified atom stereocenters. The predicted octanol–water partition coefficient (Wildman–Crippen LogP) is 1.66. The number of aryl methyl sites for hydroxylation is 1. The van der Waals surface area contributed by atoms with E-state index in [9.17, 15) is 18.5 Å². The third-order valence-corrected chi connectivity index (χ3v) is 4.63. The Balaban J connectivity index is 2.15. The zero-order valence-electron chi connectivity index (χ0n) is 11.6. The SMILES string of the molecule is Cc1cnc(CCNc2cc([N+](=O)[O-])cc(S(N)(=O)=O)c2)s1. The van der Waals surface area contributed by atoms with Gasteiger partial charge in [0.15, 0.2) is 0 Å². The molecule has 0 aliphatic rings. The van der Waals surface area contributed by atoms with E-state index in [1.165, 1.54) is 12.1 Å². The molecule has 1 aromatic carbocycles. The maximum absolute atomic E-state index is 11.4. The van der Waals surface area contributed by atoms with Crippen LogP contribution in [0.1, 0.15) is 9.88 Å². The van der Waals surface area contributed by atoms with E-state index in [1.54, 1.807) is 17.5 Å². The molecule has 0 saturated carbocycles. The molecular weight excluding hydrogens is 328 g/mol. The van der Waals surface area contributed by atoms with Crippen LogP contribution in [0.15, 0.2) is 29.3 Å². The first-order valence-corrected chi connectivity index (χ1v) is 8.59. The molecule has 1 heterocycles. The van der Waals surface area contributed by atoms with Crippen LogP contribution >= 0.6 is 11.3 Å². The topological polar surface area (TPSA) is 128 Å². The zero-order valence-corrected chi connectivity index (χ0v) is 13.3. The normalized spacial score (nSPS) is 11.4. The van der Waals surface area contributed by atoms with Crippen molar-refractivity contribution < 1.29 is 13.3 Å². The van der Waals surface area contributed by atoms with Crippen LogP contribution in [-0.2, 0) is 16.4 Å². The van der Waals surface area contributed by atoms with Crippen molar-refractivity contribution in [2.45, 2.75) is 18.2 Å². The molecule has 0 aliphatic carbocycles. The maximum atomic E-state index is 11.4. The highest BCUT2D eigenvalue weighted by molar-refractivity contribution is 7.89. The van der Waals surface area contributed by atoms with E-state index in [-0.39, 0.29) is 10.6 Å². The van der Waals surface area contributed by atoms with Gasteiger partial charge in [-0.15, -0.1) is 11.3 Å². The van der Waals surface area contributed by atoms with Gasteiger partial charge in [0.2, 0.25) is 10.0 Å². The average molecular weight is 342 g/mol. The number of nitrogens with two attached hydrogens (primary N) is 1. The predicted molar refractivity (Wildman–Crippen MR) is 83.5 cm³/mol. The summed E-state index contributed by atoms with van der Waals surface area (Å²) in [5.41, 5.74) is -0.00868. The minimum Gasteiger partial charge on any atom is -0.384 e. The molecule has 118 valence electrons. The first-order valence-electron chi connectivity index (χ1n) is 6.23. The lowest BCUT2D eigenvalue weighted by Gasteiger charge is -2.07. The molecule has 0 radical (unpaired) electrons. The van der Waals surface area contributed by atoms with E-state index in [2.05, 4.69) is 10.3 Å². The van der Waals surface area contributed by atoms with Crippen LogP contribution in [0.4, 0.5) is 11.4 Å². The van der Waals surface area contributed by atoms with Gasteiger partial charge in [0.1, 0.15) is 0 Å². The van der Waals surface area contributed by atoms with Gasteiger partial charge in [-0.3, -0.25) is 10.1 Å². The Morgan fingerprint density at radius 2 is 2.14 bits per heavy atom. The Bertz CT molecular complexity index is 801. The fourth-order valence-electron chi connectivity index (χ4n) is 1.79. The summed E-state index contributed by atoms with van der Waals surface area (Å²) in [6.07, 6.45) is 2.40. The Morgan fingerprint density at radius 1 is 1.41 bits per heavy atom. The molecule has 2 aromatic rings. The number of rotatable bonds is 6. The van der Waals surface area contributed by atoms with Crippen LogP contribution in [-0.4, -0.2) is 24.9 Å². The summed E-state index contributed by atoms with van der Waals surface area (Å²) < 4.78 is 22.8. The van der Waals surface area contributed by atoms with Crippen molar-refractivity contribution in [3.63, 3.8) is 0 Å². The number of nitro benzene ring substituents is 1. The van der Waals surface area contributed by atoms with Crippen molar-refractivity contribution >= 4 is 32.7 Å². The van der Waals surface area contributed by atoms with E-state index >= 15 is 0 Å². The van der Waals surface area contributed by atoms with Gasteiger partial charge in [-0.1, -0.05) is 0 Å². The number of non-ortho nitro benzene ring substituents is 1. The van der Waals surface area contributed by atoms with Gasteiger partial charge in [-0.05, 0) is 13.0 Å². The van der Waals surface area contributed by atoms with Gasteiger partial charge >= 0.3 is 0 Å². The molecule has 0 aliphatic heterocycles. The number of benzene rings is 1. The minimum atomic E-state index is -4.01. The molecule has 0 atom stereocenters. The van der Waals surface area contributed by atoms with Crippen molar-refractivity contribution in [3.8, 4) is 0 Å². The second-order valence-electron chi connectivity index (χ2n) is 4.56. The van der Waals surface area contributed by atoms with Crippen molar-refractivity contribution in [2.75, 3.05) is 11.9 Å². The molecule has 0 spiro atoms. The van der Waals surface area contributed by atoms with Crippen LogP contribution in [0.3, 0.4) is 0 Å². The summed E-state index contributed by atoms with van der Waals surface area (Å²) in [6, 6.07) is 3.47. The number of nitrogens with zero attached hydrogens (tertiary/aromatic N) is 2. The van der Waals surface area contributed by atoms with Crippen molar-refractivity contribution in [1.29, 1.82) is 0 Å². The summed E-state index contributed by atoms with van der Waals surface area (Å²) in [5, 5.41) is 19.8. The summed E-state index contributed by atoms with van der Waals surface area (Å²) in [4.78, 5) is 15.2. The first kappa shape index (κ1) is 16.3. The van der Waals surface area contributed by atoms with Gasteiger partial charge in [-0.25, -0.2) is 18.5 Å². The Kier molecular flexibility index (Phi) is 4.74. The Morgan fingerprint density at radius 3 is 2.68 bits per heavy atom. The third kappa shape index (κ3) is 4.23. The quantitative estimate of drug-likeness (QED) is 0.607. The van der Waals surface area contributed by atoms with Crippen molar-refractivity contribution in [3.05, 3.63) is 44.4 Å². The van der Waals surface area contributed by atoms with Gasteiger partial charge in [0.05, 0.1) is 14.8 Å². The monoisotopic (exact) mass is 342 g/mol. The second kappa shape index (κ2) is 6.38. The number of nitrogens with one attached hydrogen (secondary N) is 1. The molecular formula is C12H14N4O4S2. The van der Waals surface area contributed by atoms with Gasteiger partial charge in [-0.2, -0.15) is 0 Å². The number of hydrogen-bond acceptors (Lipinski definition) is 7. The molecule has 0 bridgehead atoms. The summed E-state index contributed by atoms with van der Waals surface area (Å²) in [7, 11) is -4.01. The molecule has 3 N–H and O–H groups in total. The van der Waals surface area contributed by atoms with Crippen LogP contribution in [0.2, 0.25) is 0 Å². The molecule has 22 heavy (non-hydrogen) atoms. The van der Waals surface area contributed by atoms with Crippen LogP contribution < -0.4 is 10.5 Å². The van der Waals surface area contributed by atoms with E-state index in [1.807, 2.05) is 6.92 Å². The van der Waals surface area contributed by atoms with Crippen LogP contribution in [0, 0.1) is 17.0 Å². The Hall–Kier alpha value is -2.04.